The SMILES string of the molecule is O=C(Cn1c2c(sc1=O)[C@@H](c1ccccc1)[C@@H]1C(=O)N(c3ccc([N+](=O)[O-])cc3)C(=O)[C@@H]1S2)N1CCCCC1. The van der Waals surface area contributed by atoms with E-state index in [4.69, 9.17) is 0 Å². The lowest BCUT2D eigenvalue weighted by atomic mass is 9.83. The number of thioether (sulfide) groups is 1. The Labute approximate surface area is 231 Å². The molecule has 0 radical (unpaired) electrons. The highest BCUT2D eigenvalue weighted by molar-refractivity contribution is 8.00. The molecule has 2 saturated heterocycles. The molecule has 200 valence electrons. The number of carbonyl (C=O) groups excluding carboxylic acids is 3. The Morgan fingerprint density at radius 2 is 1.64 bits per heavy atom. The number of nitrogens with zero attached hydrogens (tertiary/aromatic N) is 4. The second-order valence-corrected chi connectivity index (χ2v) is 11.9. The smallest absolute Gasteiger partial charge is 0.308 e. The number of aromatic nitrogens is 1. The van der Waals surface area contributed by atoms with Crippen LogP contribution in [0.4, 0.5) is 11.4 Å². The zero-order valence-electron chi connectivity index (χ0n) is 20.7. The number of hydrogen-bond acceptors (Lipinski definition) is 8. The van der Waals surface area contributed by atoms with Crippen molar-refractivity contribution in [3.05, 3.63) is 84.8 Å². The van der Waals surface area contributed by atoms with E-state index in [9.17, 15) is 29.3 Å². The molecule has 0 N–H and O–H groups in total. The molecular weight excluding hydrogens is 540 g/mol. The number of piperidine rings is 1. The van der Waals surface area contributed by atoms with Crippen LogP contribution in [0.2, 0.25) is 0 Å². The van der Waals surface area contributed by atoms with Crippen LogP contribution in [0.15, 0.2) is 64.4 Å². The average Bonchev–Trinajstić information content (AvgIpc) is 3.40. The minimum atomic E-state index is -0.810. The first kappa shape index (κ1) is 25.5. The Morgan fingerprint density at radius 1 is 0.949 bits per heavy atom. The lowest BCUT2D eigenvalue weighted by Gasteiger charge is -2.31. The normalized spacial score (nSPS) is 22.5. The molecule has 3 aliphatic rings. The van der Waals surface area contributed by atoms with Gasteiger partial charge in [-0.3, -0.25) is 33.9 Å². The van der Waals surface area contributed by atoms with Gasteiger partial charge >= 0.3 is 4.87 Å². The fraction of sp³-hybridized carbons (Fsp3) is 0.333. The number of amides is 3. The first-order chi connectivity index (χ1) is 18.8. The van der Waals surface area contributed by atoms with Gasteiger partial charge in [0.25, 0.3) is 5.69 Å². The molecule has 12 heteroatoms. The molecule has 4 heterocycles. The van der Waals surface area contributed by atoms with Crippen molar-refractivity contribution in [2.45, 2.75) is 42.0 Å². The third-order valence-corrected chi connectivity index (χ3v) is 10.1. The van der Waals surface area contributed by atoms with Crippen LogP contribution in [0.1, 0.15) is 35.6 Å². The molecule has 3 amide bonds. The maximum Gasteiger partial charge on any atom is 0.308 e. The molecule has 39 heavy (non-hydrogen) atoms. The molecule has 0 bridgehead atoms. The summed E-state index contributed by atoms with van der Waals surface area (Å²) >= 11 is 2.18. The summed E-state index contributed by atoms with van der Waals surface area (Å²) in [6.45, 7) is 1.23. The molecule has 2 aromatic carbocycles. The first-order valence-electron chi connectivity index (χ1n) is 12.7. The lowest BCUT2D eigenvalue weighted by Crippen LogP contribution is -2.39. The number of anilines is 1. The number of fused-ring (bicyclic) bond motifs is 2. The molecule has 0 spiro atoms. The largest absolute Gasteiger partial charge is 0.341 e. The summed E-state index contributed by atoms with van der Waals surface area (Å²) in [6, 6.07) is 14.6. The van der Waals surface area contributed by atoms with Crippen molar-refractivity contribution >= 4 is 52.2 Å². The summed E-state index contributed by atoms with van der Waals surface area (Å²) in [5.74, 6) is -2.30. The summed E-state index contributed by atoms with van der Waals surface area (Å²) < 4.78 is 1.46. The summed E-state index contributed by atoms with van der Waals surface area (Å²) in [5, 5.41) is 10.8. The van der Waals surface area contributed by atoms with E-state index in [1.165, 1.54) is 28.8 Å². The van der Waals surface area contributed by atoms with E-state index in [1.807, 2.05) is 30.3 Å². The quantitative estimate of drug-likeness (QED) is 0.263. The number of rotatable bonds is 5. The van der Waals surface area contributed by atoms with E-state index in [0.29, 0.717) is 23.0 Å². The number of nitro groups is 1. The zero-order chi connectivity index (χ0) is 27.3. The van der Waals surface area contributed by atoms with Crippen molar-refractivity contribution in [3.8, 4) is 0 Å². The Balaban J connectivity index is 1.40. The minimum Gasteiger partial charge on any atom is -0.341 e. The molecule has 3 aliphatic heterocycles. The van der Waals surface area contributed by atoms with Gasteiger partial charge < -0.3 is 4.90 Å². The second-order valence-electron chi connectivity index (χ2n) is 9.80. The van der Waals surface area contributed by atoms with Crippen LogP contribution in [0, 0.1) is 16.0 Å². The average molecular weight is 565 g/mol. The van der Waals surface area contributed by atoms with Crippen molar-refractivity contribution < 1.29 is 19.3 Å². The van der Waals surface area contributed by atoms with Gasteiger partial charge in [-0.15, -0.1) is 0 Å². The molecule has 0 unspecified atom stereocenters. The monoisotopic (exact) mass is 564 g/mol. The highest BCUT2D eigenvalue weighted by Gasteiger charge is 2.56. The minimum absolute atomic E-state index is 0.106. The van der Waals surface area contributed by atoms with Crippen LogP contribution in [-0.2, 0) is 20.9 Å². The third-order valence-electron chi connectivity index (χ3n) is 7.53. The Kier molecular flexibility index (Phi) is 6.59. The Bertz CT molecular complexity index is 1530. The van der Waals surface area contributed by atoms with Crippen molar-refractivity contribution in [2.75, 3.05) is 18.0 Å². The van der Waals surface area contributed by atoms with Crippen LogP contribution in [-0.4, -0.2) is 50.5 Å². The molecule has 3 aromatic rings. The summed E-state index contributed by atoms with van der Waals surface area (Å²) in [7, 11) is 0. The Morgan fingerprint density at radius 3 is 2.31 bits per heavy atom. The summed E-state index contributed by atoms with van der Waals surface area (Å²) in [5.41, 5.74) is 0.923. The molecule has 0 aliphatic carbocycles. The van der Waals surface area contributed by atoms with E-state index in [-0.39, 0.29) is 28.7 Å². The van der Waals surface area contributed by atoms with Gasteiger partial charge in [0.2, 0.25) is 17.7 Å². The van der Waals surface area contributed by atoms with Crippen LogP contribution in [0.5, 0.6) is 0 Å². The molecule has 3 atom stereocenters. The van der Waals surface area contributed by atoms with Crippen LogP contribution in [0.3, 0.4) is 0 Å². The number of likely N-dealkylation sites (tertiary alicyclic amines) is 1. The summed E-state index contributed by atoms with van der Waals surface area (Å²) in [6.07, 6.45) is 2.95. The maximum absolute atomic E-state index is 13.9. The van der Waals surface area contributed by atoms with Crippen molar-refractivity contribution in [1.29, 1.82) is 0 Å². The van der Waals surface area contributed by atoms with Crippen LogP contribution in [0.25, 0.3) is 0 Å². The van der Waals surface area contributed by atoms with Crippen molar-refractivity contribution in [2.24, 2.45) is 5.92 Å². The summed E-state index contributed by atoms with van der Waals surface area (Å²) in [4.78, 5) is 67.7. The van der Waals surface area contributed by atoms with Crippen molar-refractivity contribution in [1.82, 2.24) is 9.47 Å². The highest BCUT2D eigenvalue weighted by Crippen LogP contribution is 2.53. The Hall–Kier alpha value is -3.77. The molecule has 10 nitrogen and oxygen atoms in total. The lowest BCUT2D eigenvalue weighted by molar-refractivity contribution is -0.384. The fourth-order valence-corrected chi connectivity index (χ4v) is 8.40. The fourth-order valence-electron chi connectivity index (χ4n) is 5.63. The van der Waals surface area contributed by atoms with Gasteiger partial charge in [0, 0.05) is 36.0 Å². The van der Waals surface area contributed by atoms with E-state index in [1.54, 1.807) is 4.90 Å². The van der Waals surface area contributed by atoms with E-state index in [2.05, 4.69) is 0 Å². The molecule has 1 aromatic heterocycles. The number of carbonyl (C=O) groups is 3. The molecule has 0 saturated carbocycles. The predicted octanol–water partition coefficient (Wildman–Crippen LogP) is 3.63. The zero-order valence-corrected chi connectivity index (χ0v) is 22.4. The first-order valence-corrected chi connectivity index (χ1v) is 14.4. The van der Waals surface area contributed by atoms with Gasteiger partial charge in [0.05, 0.1) is 21.6 Å². The van der Waals surface area contributed by atoms with E-state index >= 15 is 0 Å². The molecule has 2 fully saturated rings. The number of imide groups is 1. The third kappa shape index (κ3) is 4.37. The predicted molar refractivity (Wildman–Crippen MR) is 146 cm³/mol. The van der Waals surface area contributed by atoms with Crippen LogP contribution >= 0.6 is 23.1 Å². The number of non-ortho nitro benzene ring substituents is 1. The number of hydrogen-bond donors (Lipinski definition) is 0. The second kappa shape index (κ2) is 10.1. The topological polar surface area (TPSA) is 123 Å². The van der Waals surface area contributed by atoms with Gasteiger partial charge in [-0.2, -0.15) is 0 Å². The number of thiazole rings is 1. The number of nitro benzene ring substituents is 1. The maximum atomic E-state index is 13.9. The van der Waals surface area contributed by atoms with Gasteiger partial charge in [0.15, 0.2) is 0 Å². The molecule has 6 rings (SSSR count). The van der Waals surface area contributed by atoms with Gasteiger partial charge in [-0.1, -0.05) is 53.4 Å². The van der Waals surface area contributed by atoms with E-state index in [0.717, 1.165) is 52.8 Å². The van der Waals surface area contributed by atoms with Crippen LogP contribution < -0.4 is 9.77 Å². The van der Waals surface area contributed by atoms with E-state index < -0.39 is 33.8 Å². The molecular formula is C27H24N4O6S2. The van der Waals surface area contributed by atoms with Gasteiger partial charge in [-0.05, 0) is 37.0 Å². The van der Waals surface area contributed by atoms with Gasteiger partial charge in [0.1, 0.15) is 11.8 Å². The van der Waals surface area contributed by atoms with Crippen molar-refractivity contribution in [3.63, 3.8) is 0 Å². The number of benzene rings is 2. The van der Waals surface area contributed by atoms with Gasteiger partial charge in [-0.25, -0.2) is 4.90 Å². The highest BCUT2D eigenvalue weighted by atomic mass is 32.2. The standard InChI is InChI=1S/C27H24N4O6S2/c32-19(28-13-5-2-6-14-28)15-29-26-23(39-27(29)35)20(16-7-3-1-4-8-16)21-22(38-26)25(34)30(24(21)33)17-9-11-18(12-10-17)31(36)37/h1,3-4,7-12,20-22H,2,5-6,13-15H2/t20-,21-,22+/m0/s1.